The number of aryl methyl sites for hydroxylation is 4. The second kappa shape index (κ2) is 28.4. The minimum atomic E-state index is -1.03. The fourth-order valence-corrected chi connectivity index (χ4v) is 15.2. The maximum atomic E-state index is 6.16. The highest BCUT2D eigenvalue weighted by Gasteiger charge is 2.40. The normalized spacial score (nSPS) is 11.4. The molecule has 0 saturated carbocycles. The molecule has 512 valence electrons. The monoisotopic (exact) mass is 1360 g/mol. The van der Waals surface area contributed by atoms with E-state index in [4.69, 9.17) is 18.9 Å². The van der Waals surface area contributed by atoms with Crippen molar-refractivity contribution in [2.24, 2.45) is 0 Å². The molecule has 0 N–H and O–H groups in total. The number of rotatable bonds is 20. The number of nitrogens with zero attached hydrogens (tertiary/aromatic N) is 4. The molecule has 0 aliphatic rings. The third kappa shape index (κ3) is 12.6. The predicted molar refractivity (Wildman–Crippen MR) is 439 cm³/mol. The molecular formula is C97H80N4O4. The average molecular weight is 1370 g/mol. The average Bonchev–Trinajstić information content (AvgIpc) is 0.715. The lowest BCUT2D eigenvalue weighted by molar-refractivity contribution is 0.414. The van der Waals surface area contributed by atoms with Gasteiger partial charge in [-0.15, -0.1) is 0 Å². The number of benzene rings is 16. The summed E-state index contributed by atoms with van der Waals surface area (Å²) < 4.78 is 23.8. The first-order valence-corrected chi connectivity index (χ1v) is 35.6. The third-order valence-electron chi connectivity index (χ3n) is 20.7. The summed E-state index contributed by atoms with van der Waals surface area (Å²) in [5, 5.41) is 8.74. The molecule has 8 heteroatoms. The maximum Gasteiger partial charge on any atom is 0.142 e. The van der Waals surface area contributed by atoms with E-state index in [1.54, 1.807) is 28.4 Å². The van der Waals surface area contributed by atoms with Crippen LogP contribution in [0.2, 0.25) is 0 Å². The lowest BCUT2D eigenvalue weighted by Crippen LogP contribution is -2.31. The van der Waals surface area contributed by atoms with E-state index in [9.17, 15) is 0 Å². The lowest BCUT2D eigenvalue weighted by Gasteiger charge is -2.38. The first kappa shape index (κ1) is 66.5. The molecule has 0 spiro atoms. The second-order valence-corrected chi connectivity index (χ2v) is 27.1. The molecule has 8 nitrogen and oxygen atoms in total. The van der Waals surface area contributed by atoms with Gasteiger partial charge >= 0.3 is 0 Å². The number of para-hydroxylation sites is 6. The van der Waals surface area contributed by atoms with Crippen LogP contribution in [-0.4, -0.2) is 28.4 Å². The van der Waals surface area contributed by atoms with E-state index in [-0.39, 0.29) is 0 Å². The molecule has 0 aliphatic carbocycles. The van der Waals surface area contributed by atoms with Crippen molar-refractivity contribution in [3.63, 3.8) is 0 Å². The van der Waals surface area contributed by atoms with Crippen LogP contribution in [-0.2, 0) is 5.41 Å². The number of hydrogen-bond acceptors (Lipinski definition) is 8. The van der Waals surface area contributed by atoms with Crippen LogP contribution in [0.4, 0.5) is 68.2 Å². The van der Waals surface area contributed by atoms with Gasteiger partial charge in [-0.3, -0.25) is 0 Å². The number of ether oxygens (including phenoxy) is 4. The summed E-state index contributed by atoms with van der Waals surface area (Å²) in [5.41, 5.74) is 20.1. The van der Waals surface area contributed by atoms with Gasteiger partial charge in [-0.25, -0.2) is 0 Å². The van der Waals surface area contributed by atoms with Crippen molar-refractivity contribution < 1.29 is 18.9 Å². The minimum Gasteiger partial charge on any atom is -0.497 e. The Balaban J connectivity index is 0.994. The number of methoxy groups -OCH3 is 4. The SMILES string of the molecule is COc1ccc(N(c2ccc3ccc(C(c4ccc5ccc(N(c6ccc(OC)cc6)c6ccccc6C)cc5c4)(c4ccc5ccc(N(c6ccc(C)cc6)c6ccccc6OC)cc5c4)c4ccc5ccc(N(c6ccc(C)cc6)c6ccccc6OC)cc5c4)cc3c2)c2ccccc2C)cc1. The molecule has 0 bridgehead atoms. The first-order chi connectivity index (χ1) is 51.5. The summed E-state index contributed by atoms with van der Waals surface area (Å²) in [6.45, 7) is 8.63. The van der Waals surface area contributed by atoms with E-state index < -0.39 is 5.41 Å². The van der Waals surface area contributed by atoms with Crippen LogP contribution in [0.5, 0.6) is 23.0 Å². The number of hydrogen-bond donors (Lipinski definition) is 0. The van der Waals surface area contributed by atoms with Gasteiger partial charge in [0.15, 0.2) is 0 Å². The highest BCUT2D eigenvalue weighted by atomic mass is 16.5. The molecule has 16 aromatic carbocycles. The summed E-state index contributed by atoms with van der Waals surface area (Å²) in [6, 6.07) is 124. The van der Waals surface area contributed by atoms with Crippen molar-refractivity contribution in [2.45, 2.75) is 33.1 Å². The van der Waals surface area contributed by atoms with E-state index in [1.165, 1.54) is 11.1 Å². The Bertz CT molecular complexity index is 5510. The zero-order valence-corrected chi connectivity index (χ0v) is 60.3. The summed E-state index contributed by atoms with van der Waals surface area (Å²) >= 11 is 0. The summed E-state index contributed by atoms with van der Waals surface area (Å²) in [5.74, 6) is 3.13. The Morgan fingerprint density at radius 1 is 0.210 bits per heavy atom. The molecule has 0 unspecified atom stereocenters. The molecule has 0 heterocycles. The first-order valence-electron chi connectivity index (χ1n) is 35.6. The quantitative estimate of drug-likeness (QED) is 0.0700. The van der Waals surface area contributed by atoms with Gasteiger partial charge in [0.2, 0.25) is 0 Å². The van der Waals surface area contributed by atoms with E-state index in [0.29, 0.717) is 0 Å². The molecule has 0 fully saturated rings. The van der Waals surface area contributed by atoms with Gasteiger partial charge in [0.25, 0.3) is 0 Å². The zero-order chi connectivity index (χ0) is 71.7. The van der Waals surface area contributed by atoms with Gasteiger partial charge < -0.3 is 38.5 Å². The molecule has 16 aromatic rings. The molecule has 0 aromatic heterocycles. The Kier molecular flexibility index (Phi) is 18.0. The van der Waals surface area contributed by atoms with Crippen LogP contribution in [0, 0.1) is 27.7 Å². The van der Waals surface area contributed by atoms with Crippen LogP contribution >= 0.6 is 0 Å². The van der Waals surface area contributed by atoms with E-state index in [2.05, 4.69) is 338 Å². The van der Waals surface area contributed by atoms with Gasteiger partial charge in [0, 0.05) is 56.9 Å². The number of anilines is 12. The maximum absolute atomic E-state index is 6.16. The fraction of sp³-hybridized carbons (Fsp3) is 0.0928. The van der Waals surface area contributed by atoms with Crippen LogP contribution in [0.15, 0.2) is 340 Å². The van der Waals surface area contributed by atoms with Crippen molar-refractivity contribution in [2.75, 3.05) is 48.0 Å². The predicted octanol–water partition coefficient (Wildman–Crippen LogP) is 25.8. The smallest absolute Gasteiger partial charge is 0.142 e. The Morgan fingerprint density at radius 3 is 0.743 bits per heavy atom. The summed E-state index contributed by atoms with van der Waals surface area (Å²) in [4.78, 5) is 9.34. The third-order valence-corrected chi connectivity index (χ3v) is 20.7. The van der Waals surface area contributed by atoms with Gasteiger partial charge in [-0.2, -0.15) is 0 Å². The van der Waals surface area contributed by atoms with Crippen LogP contribution in [0.25, 0.3) is 43.1 Å². The van der Waals surface area contributed by atoms with Crippen molar-refractivity contribution in [1.29, 1.82) is 0 Å². The van der Waals surface area contributed by atoms with Crippen molar-refractivity contribution in [3.05, 3.63) is 384 Å². The Hall–Kier alpha value is -13.0. The van der Waals surface area contributed by atoms with Gasteiger partial charge in [0.05, 0.1) is 45.2 Å². The van der Waals surface area contributed by atoms with E-state index in [1.807, 2.05) is 48.5 Å². The topological polar surface area (TPSA) is 49.9 Å². The molecule has 0 atom stereocenters. The van der Waals surface area contributed by atoms with Crippen LogP contribution in [0.3, 0.4) is 0 Å². The Morgan fingerprint density at radius 2 is 0.457 bits per heavy atom. The van der Waals surface area contributed by atoms with Crippen LogP contribution in [0.1, 0.15) is 44.5 Å². The summed E-state index contributed by atoms with van der Waals surface area (Å²) in [6.07, 6.45) is 0. The van der Waals surface area contributed by atoms with Crippen molar-refractivity contribution in [3.8, 4) is 23.0 Å². The molecule has 0 aliphatic heterocycles. The molecule has 0 amide bonds. The lowest BCUT2D eigenvalue weighted by atomic mass is 9.64. The van der Waals surface area contributed by atoms with Crippen molar-refractivity contribution in [1.82, 2.24) is 0 Å². The van der Waals surface area contributed by atoms with Gasteiger partial charge in [-0.05, 0) is 286 Å². The molecule has 16 rings (SSSR count). The van der Waals surface area contributed by atoms with Gasteiger partial charge in [-0.1, -0.05) is 169 Å². The van der Waals surface area contributed by atoms with Crippen LogP contribution < -0.4 is 38.5 Å². The Labute approximate surface area is 615 Å². The summed E-state index contributed by atoms with van der Waals surface area (Å²) in [7, 11) is 6.92. The fourth-order valence-electron chi connectivity index (χ4n) is 15.2. The largest absolute Gasteiger partial charge is 0.497 e. The minimum absolute atomic E-state index is 0.770. The van der Waals surface area contributed by atoms with E-state index >= 15 is 0 Å². The highest BCUT2D eigenvalue weighted by Crippen LogP contribution is 2.52. The molecule has 105 heavy (non-hydrogen) atoms. The molecule has 0 radical (unpaired) electrons. The highest BCUT2D eigenvalue weighted by molar-refractivity contribution is 5.97. The van der Waals surface area contributed by atoms with E-state index in [0.717, 1.165) is 168 Å². The van der Waals surface area contributed by atoms with Crippen molar-refractivity contribution >= 4 is 111 Å². The number of fused-ring (bicyclic) bond motifs is 4. The molecule has 0 saturated heterocycles. The standard InChI is InChI=1S/C97H80N4O4/c1-65-25-41-81(42-26-65)100(93-21-13-15-23-95(93)104-7)87-47-35-71-31-39-79(59-75(71)63-87)97(77-37-29-69-33-45-85(61-73(69)57-77)98(91-19-11-9-17-67(91)3)83-49-53-89(102-5)54-50-83,78-38-30-70-34-46-86(62-74(70)58-78)99(92-20-12-10-18-68(92)4)84-51-55-90(103-6)56-52-84)80-40-32-72-36-48-88(64-76(72)60-80)101(82-43-27-66(2)28-44-82)94-22-14-16-24-96(94)105-8/h9-64H,1-8H3. The molecular weight excluding hydrogens is 1290 g/mol. The second-order valence-electron chi connectivity index (χ2n) is 27.1. The van der Waals surface area contributed by atoms with Gasteiger partial charge in [0.1, 0.15) is 23.0 Å². The zero-order valence-electron chi connectivity index (χ0n) is 60.3.